The molecule has 2 aromatic heterocycles. The average Bonchev–Trinajstić information content (AvgIpc) is 3.31. The quantitative estimate of drug-likeness (QED) is 0.556. The van der Waals surface area contributed by atoms with Gasteiger partial charge in [0.1, 0.15) is 10.7 Å². The Hall–Kier alpha value is -2.56. The van der Waals surface area contributed by atoms with E-state index < -0.39 is 9.84 Å². The number of likely N-dealkylation sites (N-methyl/N-ethyl adjacent to an activating group) is 1. The number of thiophene rings is 1. The molecule has 0 bridgehead atoms. The van der Waals surface area contributed by atoms with Crippen molar-refractivity contribution in [2.75, 3.05) is 24.6 Å². The van der Waals surface area contributed by atoms with Crippen LogP contribution in [0.15, 0.2) is 41.2 Å². The minimum Gasteiger partial charge on any atom is -0.351 e. The third kappa shape index (κ3) is 5.20. The Balaban J connectivity index is 1.46. The molecule has 0 spiro atoms. The molecule has 8 nitrogen and oxygen atoms in total. The van der Waals surface area contributed by atoms with Crippen LogP contribution in [0.2, 0.25) is 0 Å². The number of hydrogen-bond donors (Lipinski definition) is 2. The summed E-state index contributed by atoms with van der Waals surface area (Å²) in [5, 5.41) is 3.35. The molecule has 1 aliphatic heterocycles. The second-order valence-corrected chi connectivity index (χ2v) is 10.9. The molecular weight excluding hydrogens is 436 g/mol. The highest BCUT2D eigenvalue weighted by atomic mass is 32.2. The fourth-order valence-electron chi connectivity index (χ4n) is 3.67. The molecule has 1 atom stereocenters. The van der Waals surface area contributed by atoms with E-state index >= 15 is 0 Å². The van der Waals surface area contributed by atoms with Gasteiger partial charge in [-0.15, -0.1) is 11.3 Å². The SMILES string of the molecule is CCN(CC(=O)NC1CCS(=O)(=O)C1)Cc1nc2sc(-c3ccccc3)cc2c(=O)[nH]1. The lowest BCUT2D eigenvalue weighted by molar-refractivity contribution is -0.122. The zero-order valence-corrected chi connectivity index (χ0v) is 18.8. The maximum Gasteiger partial charge on any atom is 0.259 e. The van der Waals surface area contributed by atoms with Gasteiger partial charge in [-0.05, 0) is 24.6 Å². The number of aromatic nitrogens is 2. The standard InChI is InChI=1S/C21H24N4O4S2/c1-2-25(12-19(26)22-15-8-9-31(28,29)13-15)11-18-23-20(27)16-10-17(30-21(16)24-18)14-6-4-3-5-7-14/h3-7,10,15H,2,8-9,11-13H2,1H3,(H,22,26)(H,23,24,27). The molecule has 4 rings (SSSR count). The molecule has 1 amide bonds. The van der Waals surface area contributed by atoms with E-state index in [1.54, 1.807) is 0 Å². The van der Waals surface area contributed by atoms with Crippen LogP contribution >= 0.6 is 11.3 Å². The van der Waals surface area contributed by atoms with Gasteiger partial charge in [-0.2, -0.15) is 0 Å². The van der Waals surface area contributed by atoms with Gasteiger partial charge in [-0.3, -0.25) is 14.5 Å². The van der Waals surface area contributed by atoms with Crippen LogP contribution in [0.3, 0.4) is 0 Å². The van der Waals surface area contributed by atoms with E-state index in [1.807, 2.05) is 48.2 Å². The number of nitrogens with one attached hydrogen (secondary N) is 2. The summed E-state index contributed by atoms with van der Waals surface area (Å²) in [6, 6.07) is 11.4. The van der Waals surface area contributed by atoms with Crippen LogP contribution in [-0.4, -0.2) is 59.8 Å². The lowest BCUT2D eigenvalue weighted by Gasteiger charge is -2.20. The van der Waals surface area contributed by atoms with Gasteiger partial charge >= 0.3 is 0 Å². The van der Waals surface area contributed by atoms with Crippen molar-refractivity contribution in [2.24, 2.45) is 0 Å². The molecule has 1 fully saturated rings. The molecule has 1 aromatic carbocycles. The van der Waals surface area contributed by atoms with Gasteiger partial charge in [0.25, 0.3) is 5.56 Å². The van der Waals surface area contributed by atoms with Gasteiger partial charge in [0.2, 0.25) is 5.91 Å². The van der Waals surface area contributed by atoms with Crippen LogP contribution < -0.4 is 10.9 Å². The molecule has 3 aromatic rings. The Morgan fingerprint density at radius 2 is 2.10 bits per heavy atom. The van der Waals surface area contributed by atoms with E-state index in [0.717, 1.165) is 10.4 Å². The van der Waals surface area contributed by atoms with Crippen molar-refractivity contribution >= 4 is 37.3 Å². The van der Waals surface area contributed by atoms with Crippen LogP contribution in [0.25, 0.3) is 20.7 Å². The van der Waals surface area contributed by atoms with E-state index in [0.29, 0.717) is 35.6 Å². The highest BCUT2D eigenvalue weighted by Gasteiger charge is 2.29. The molecular formula is C21H24N4O4S2. The number of carbonyl (C=O) groups is 1. The molecule has 10 heteroatoms. The zero-order valence-electron chi connectivity index (χ0n) is 17.1. The minimum absolute atomic E-state index is 0.00146. The third-order valence-corrected chi connectivity index (χ3v) is 8.14. The summed E-state index contributed by atoms with van der Waals surface area (Å²) in [6.45, 7) is 2.92. The first-order valence-corrected chi connectivity index (χ1v) is 12.8. The normalized spacial score (nSPS) is 17.9. The summed E-state index contributed by atoms with van der Waals surface area (Å²) in [5.41, 5.74) is 0.835. The van der Waals surface area contributed by atoms with Gasteiger partial charge in [-0.25, -0.2) is 13.4 Å². The van der Waals surface area contributed by atoms with Crippen molar-refractivity contribution in [1.82, 2.24) is 20.2 Å². The highest BCUT2D eigenvalue weighted by Crippen LogP contribution is 2.30. The van der Waals surface area contributed by atoms with Crippen LogP contribution in [-0.2, 0) is 21.2 Å². The number of carbonyl (C=O) groups excluding carboxylic acids is 1. The number of sulfone groups is 1. The molecule has 0 radical (unpaired) electrons. The molecule has 164 valence electrons. The van der Waals surface area contributed by atoms with Crippen molar-refractivity contribution in [3.8, 4) is 10.4 Å². The lowest BCUT2D eigenvalue weighted by Crippen LogP contribution is -2.42. The Kier molecular flexibility index (Phi) is 6.22. The largest absolute Gasteiger partial charge is 0.351 e. The second kappa shape index (κ2) is 8.89. The molecule has 3 heterocycles. The van der Waals surface area contributed by atoms with Gasteiger partial charge in [0, 0.05) is 10.9 Å². The van der Waals surface area contributed by atoms with Crippen molar-refractivity contribution < 1.29 is 13.2 Å². The van der Waals surface area contributed by atoms with Crippen molar-refractivity contribution in [1.29, 1.82) is 0 Å². The monoisotopic (exact) mass is 460 g/mol. The number of amides is 1. The summed E-state index contributed by atoms with van der Waals surface area (Å²) in [5.74, 6) is 0.386. The smallest absolute Gasteiger partial charge is 0.259 e. The molecule has 31 heavy (non-hydrogen) atoms. The number of fused-ring (bicyclic) bond motifs is 1. The Labute approximate surface area is 184 Å². The van der Waals surface area contributed by atoms with E-state index in [9.17, 15) is 18.0 Å². The number of hydrogen-bond acceptors (Lipinski definition) is 7. The van der Waals surface area contributed by atoms with Crippen molar-refractivity contribution in [3.63, 3.8) is 0 Å². The van der Waals surface area contributed by atoms with E-state index in [-0.39, 0.29) is 35.6 Å². The van der Waals surface area contributed by atoms with Crippen LogP contribution in [0.5, 0.6) is 0 Å². The van der Waals surface area contributed by atoms with Crippen molar-refractivity contribution in [3.05, 3.63) is 52.6 Å². The molecule has 1 aliphatic rings. The maximum absolute atomic E-state index is 12.6. The Morgan fingerprint density at radius 1 is 1.32 bits per heavy atom. The summed E-state index contributed by atoms with van der Waals surface area (Å²) in [6.07, 6.45) is 0.452. The average molecular weight is 461 g/mol. The third-order valence-electron chi connectivity index (χ3n) is 5.30. The molecule has 1 saturated heterocycles. The maximum atomic E-state index is 12.6. The number of nitrogens with zero attached hydrogens (tertiary/aromatic N) is 2. The van der Waals surface area contributed by atoms with Gasteiger partial charge in [0.05, 0.1) is 30.0 Å². The summed E-state index contributed by atoms with van der Waals surface area (Å²) >= 11 is 1.46. The summed E-state index contributed by atoms with van der Waals surface area (Å²) in [7, 11) is -3.04. The highest BCUT2D eigenvalue weighted by molar-refractivity contribution is 7.91. The molecule has 2 N–H and O–H groups in total. The van der Waals surface area contributed by atoms with E-state index in [1.165, 1.54) is 11.3 Å². The first kappa shape index (κ1) is 21.7. The first-order chi connectivity index (χ1) is 14.8. The lowest BCUT2D eigenvalue weighted by atomic mass is 10.2. The van der Waals surface area contributed by atoms with E-state index in [2.05, 4.69) is 15.3 Å². The van der Waals surface area contributed by atoms with Gasteiger partial charge < -0.3 is 10.3 Å². The van der Waals surface area contributed by atoms with Crippen molar-refractivity contribution in [2.45, 2.75) is 25.9 Å². The van der Waals surface area contributed by atoms with Crippen LogP contribution in [0, 0.1) is 0 Å². The molecule has 1 unspecified atom stereocenters. The fourth-order valence-corrected chi connectivity index (χ4v) is 6.40. The number of aromatic amines is 1. The first-order valence-electron chi connectivity index (χ1n) is 10.1. The number of benzene rings is 1. The summed E-state index contributed by atoms with van der Waals surface area (Å²) < 4.78 is 23.1. The second-order valence-electron chi connectivity index (χ2n) is 7.68. The zero-order chi connectivity index (χ0) is 22.0. The van der Waals surface area contributed by atoms with Crippen LogP contribution in [0.1, 0.15) is 19.2 Å². The van der Waals surface area contributed by atoms with Gasteiger partial charge in [-0.1, -0.05) is 37.3 Å². The Bertz CT molecular complexity index is 1250. The predicted molar refractivity (Wildman–Crippen MR) is 122 cm³/mol. The minimum atomic E-state index is -3.04. The topological polar surface area (TPSA) is 112 Å². The molecule has 0 aliphatic carbocycles. The predicted octanol–water partition coefficient (Wildman–Crippen LogP) is 1.78. The number of rotatable bonds is 7. The Morgan fingerprint density at radius 3 is 2.77 bits per heavy atom. The molecule has 0 saturated carbocycles. The van der Waals surface area contributed by atoms with Crippen LogP contribution in [0.4, 0.5) is 0 Å². The fraction of sp³-hybridized carbons (Fsp3) is 0.381. The summed E-state index contributed by atoms with van der Waals surface area (Å²) in [4.78, 5) is 35.9. The number of H-pyrrole nitrogens is 1. The van der Waals surface area contributed by atoms with E-state index in [4.69, 9.17) is 0 Å². The van der Waals surface area contributed by atoms with Gasteiger partial charge in [0.15, 0.2) is 9.84 Å².